The van der Waals surface area contributed by atoms with Crippen LogP contribution in [0.4, 0.5) is 0 Å². The molecule has 1 spiro atoms. The molecule has 2 fully saturated rings. The maximum atomic E-state index is 13.2. The minimum Gasteiger partial charge on any atom is -0.480 e. The second-order valence-electron chi connectivity index (χ2n) is 7.28. The van der Waals surface area contributed by atoms with Gasteiger partial charge in [-0.15, -0.1) is 0 Å². The smallest absolute Gasteiger partial charge is 0.317 e. The lowest BCUT2D eigenvalue weighted by atomic mass is 9.74. The molecule has 2 aliphatic rings. The van der Waals surface area contributed by atoms with Gasteiger partial charge in [-0.3, -0.25) is 9.59 Å². The number of rotatable bonds is 3. The standard InChI is InChI=1S/C18H21ClO5/c1-16(2)23-10-17(11-24-16)7-8-18(14(17)20,15(21)22)9-12-3-5-13(19)6-4-12/h3-6H,7-11H2,1-2H3,(H,21,22). The molecular formula is C18H21ClO5. The van der Waals surface area contributed by atoms with E-state index in [2.05, 4.69) is 0 Å². The molecule has 1 atom stereocenters. The first kappa shape index (κ1) is 17.4. The summed E-state index contributed by atoms with van der Waals surface area (Å²) >= 11 is 5.88. The van der Waals surface area contributed by atoms with Crippen LogP contribution in [0.3, 0.4) is 0 Å². The van der Waals surface area contributed by atoms with Gasteiger partial charge in [0, 0.05) is 5.02 Å². The summed E-state index contributed by atoms with van der Waals surface area (Å²) < 4.78 is 11.3. The molecule has 1 heterocycles. The van der Waals surface area contributed by atoms with Gasteiger partial charge in [0.15, 0.2) is 11.6 Å². The van der Waals surface area contributed by atoms with Crippen LogP contribution >= 0.6 is 11.6 Å². The van der Waals surface area contributed by atoms with Gasteiger partial charge >= 0.3 is 5.97 Å². The summed E-state index contributed by atoms with van der Waals surface area (Å²) in [5, 5.41) is 10.4. The summed E-state index contributed by atoms with van der Waals surface area (Å²) in [6, 6.07) is 6.94. The Bertz CT molecular complexity index is 656. The molecule has 1 aromatic rings. The Morgan fingerprint density at radius 1 is 1.17 bits per heavy atom. The van der Waals surface area contributed by atoms with Crippen molar-refractivity contribution in [3.63, 3.8) is 0 Å². The van der Waals surface area contributed by atoms with E-state index in [0.29, 0.717) is 11.4 Å². The number of carbonyl (C=O) groups excluding carboxylic acids is 1. The number of hydrogen-bond donors (Lipinski definition) is 1. The predicted octanol–water partition coefficient (Wildman–Crippen LogP) is 3.09. The Morgan fingerprint density at radius 2 is 1.75 bits per heavy atom. The molecule has 130 valence electrons. The number of halogens is 1. The summed E-state index contributed by atoms with van der Waals surface area (Å²) in [6.45, 7) is 3.98. The van der Waals surface area contributed by atoms with E-state index >= 15 is 0 Å². The van der Waals surface area contributed by atoms with Crippen LogP contribution in [-0.2, 0) is 25.5 Å². The average Bonchev–Trinajstić information content (AvgIpc) is 2.80. The fourth-order valence-corrected chi connectivity index (χ4v) is 3.70. The lowest BCUT2D eigenvalue weighted by Gasteiger charge is -2.41. The number of carboxylic acids is 1. The number of aliphatic carboxylic acids is 1. The van der Waals surface area contributed by atoms with Gasteiger partial charge in [0.05, 0.1) is 18.6 Å². The van der Waals surface area contributed by atoms with Crippen molar-refractivity contribution in [3.8, 4) is 0 Å². The van der Waals surface area contributed by atoms with E-state index in [1.54, 1.807) is 38.1 Å². The first-order valence-corrected chi connectivity index (χ1v) is 8.38. The van der Waals surface area contributed by atoms with Crippen molar-refractivity contribution in [2.24, 2.45) is 10.8 Å². The van der Waals surface area contributed by atoms with Crippen LogP contribution in [-0.4, -0.2) is 35.9 Å². The Labute approximate surface area is 145 Å². The van der Waals surface area contributed by atoms with Gasteiger partial charge < -0.3 is 14.6 Å². The summed E-state index contributed by atoms with van der Waals surface area (Å²) in [7, 11) is 0. The van der Waals surface area contributed by atoms with Gasteiger partial charge in [-0.05, 0) is 50.8 Å². The van der Waals surface area contributed by atoms with Gasteiger partial charge in [-0.1, -0.05) is 23.7 Å². The Kier molecular flexibility index (Phi) is 4.22. The van der Waals surface area contributed by atoms with E-state index in [9.17, 15) is 14.7 Å². The molecular weight excluding hydrogens is 332 g/mol. The second kappa shape index (κ2) is 5.83. The third-order valence-electron chi connectivity index (χ3n) is 5.17. The topological polar surface area (TPSA) is 72.8 Å². The zero-order valence-electron chi connectivity index (χ0n) is 13.8. The SMILES string of the molecule is CC1(C)OCC2(CCC(Cc3ccc(Cl)cc3)(C(=O)O)C2=O)CO1. The third kappa shape index (κ3) is 2.85. The summed E-state index contributed by atoms with van der Waals surface area (Å²) in [5.41, 5.74) is -1.51. The Morgan fingerprint density at radius 3 is 2.29 bits per heavy atom. The van der Waals surface area contributed by atoms with Crippen LogP contribution in [0.2, 0.25) is 5.02 Å². The van der Waals surface area contributed by atoms with E-state index < -0.39 is 22.6 Å². The Hall–Kier alpha value is -1.43. The molecule has 1 saturated heterocycles. The van der Waals surface area contributed by atoms with Crippen molar-refractivity contribution < 1.29 is 24.2 Å². The zero-order chi connectivity index (χ0) is 17.6. The molecule has 0 amide bonds. The number of Topliss-reactive ketones (excluding diaryl/α,β-unsaturated/α-hetero) is 1. The van der Waals surface area contributed by atoms with E-state index in [1.807, 2.05) is 0 Å². The highest BCUT2D eigenvalue weighted by atomic mass is 35.5. The summed E-state index contributed by atoms with van der Waals surface area (Å²) in [4.78, 5) is 25.2. The summed E-state index contributed by atoms with van der Waals surface area (Å²) in [6.07, 6.45) is 0.905. The van der Waals surface area contributed by atoms with Gasteiger partial charge in [-0.2, -0.15) is 0 Å². The maximum Gasteiger partial charge on any atom is 0.317 e. The fourth-order valence-electron chi connectivity index (χ4n) is 3.57. The van der Waals surface area contributed by atoms with Crippen LogP contribution in [0.25, 0.3) is 0 Å². The largest absolute Gasteiger partial charge is 0.480 e. The van der Waals surface area contributed by atoms with Crippen LogP contribution in [0.15, 0.2) is 24.3 Å². The van der Waals surface area contributed by atoms with Crippen molar-refractivity contribution >= 4 is 23.4 Å². The molecule has 5 nitrogen and oxygen atoms in total. The van der Waals surface area contributed by atoms with Crippen molar-refractivity contribution in [2.45, 2.75) is 38.9 Å². The molecule has 1 unspecified atom stereocenters. The fraction of sp³-hybridized carbons (Fsp3) is 0.556. The van der Waals surface area contributed by atoms with Crippen LogP contribution < -0.4 is 0 Å². The first-order valence-electron chi connectivity index (χ1n) is 8.00. The molecule has 1 saturated carbocycles. The van der Waals surface area contributed by atoms with Crippen LogP contribution in [0.1, 0.15) is 32.3 Å². The predicted molar refractivity (Wildman–Crippen MR) is 87.9 cm³/mol. The lowest BCUT2D eigenvalue weighted by Crippen LogP contribution is -2.52. The average molecular weight is 353 g/mol. The molecule has 0 aromatic heterocycles. The van der Waals surface area contributed by atoms with E-state index in [4.69, 9.17) is 21.1 Å². The molecule has 24 heavy (non-hydrogen) atoms. The molecule has 3 rings (SSSR count). The van der Waals surface area contributed by atoms with Crippen LogP contribution in [0.5, 0.6) is 0 Å². The molecule has 6 heteroatoms. The maximum absolute atomic E-state index is 13.2. The van der Waals surface area contributed by atoms with Crippen molar-refractivity contribution in [1.29, 1.82) is 0 Å². The number of carboxylic acid groups (broad SMARTS) is 1. The lowest BCUT2D eigenvalue weighted by molar-refractivity contribution is -0.278. The monoisotopic (exact) mass is 352 g/mol. The normalized spacial score (nSPS) is 28.2. The minimum absolute atomic E-state index is 0.156. The second-order valence-corrected chi connectivity index (χ2v) is 7.71. The van der Waals surface area contributed by atoms with E-state index in [-0.39, 0.29) is 31.8 Å². The number of benzene rings is 1. The number of carbonyl (C=O) groups is 2. The zero-order valence-corrected chi connectivity index (χ0v) is 14.6. The highest BCUT2D eigenvalue weighted by molar-refractivity contribution is 6.30. The highest BCUT2D eigenvalue weighted by Gasteiger charge is 2.62. The first-order chi connectivity index (χ1) is 11.2. The van der Waals surface area contributed by atoms with Gasteiger partial charge in [-0.25, -0.2) is 0 Å². The van der Waals surface area contributed by atoms with Crippen LogP contribution in [0, 0.1) is 10.8 Å². The third-order valence-corrected chi connectivity index (χ3v) is 5.42. The van der Waals surface area contributed by atoms with Gasteiger partial charge in [0.2, 0.25) is 0 Å². The molecule has 0 radical (unpaired) electrons. The summed E-state index contributed by atoms with van der Waals surface area (Å²) in [5.74, 6) is -2.10. The highest BCUT2D eigenvalue weighted by Crippen LogP contribution is 2.50. The van der Waals surface area contributed by atoms with Crippen molar-refractivity contribution in [3.05, 3.63) is 34.9 Å². The van der Waals surface area contributed by atoms with E-state index in [1.165, 1.54) is 0 Å². The molecule has 0 bridgehead atoms. The number of ether oxygens (including phenoxy) is 2. The van der Waals surface area contributed by atoms with Crippen molar-refractivity contribution in [1.82, 2.24) is 0 Å². The quantitative estimate of drug-likeness (QED) is 0.846. The molecule has 1 aliphatic heterocycles. The Balaban J connectivity index is 1.88. The van der Waals surface area contributed by atoms with Gasteiger partial charge in [0.25, 0.3) is 0 Å². The molecule has 1 aromatic carbocycles. The van der Waals surface area contributed by atoms with Gasteiger partial charge in [0.1, 0.15) is 5.41 Å². The number of hydrogen-bond acceptors (Lipinski definition) is 4. The molecule has 1 N–H and O–H groups in total. The van der Waals surface area contributed by atoms with Crippen molar-refractivity contribution in [2.75, 3.05) is 13.2 Å². The molecule has 1 aliphatic carbocycles. The number of ketones is 1. The van der Waals surface area contributed by atoms with E-state index in [0.717, 1.165) is 5.56 Å². The minimum atomic E-state index is -1.43.